The average Bonchev–Trinajstić information content (AvgIpc) is 3.00. The average molecular weight is 349 g/mol. The molecule has 3 aromatic rings. The number of aryl methyl sites for hydroxylation is 1. The van der Waals surface area contributed by atoms with E-state index in [1.165, 1.54) is 6.92 Å². The van der Waals surface area contributed by atoms with Gasteiger partial charge in [-0.2, -0.15) is 0 Å². The lowest BCUT2D eigenvalue weighted by Crippen LogP contribution is -2.15. The molecule has 2 N–H and O–H groups in total. The molecule has 0 saturated carbocycles. The maximum Gasteiger partial charge on any atom is 0.261 e. The molecule has 0 bridgehead atoms. The molecule has 0 unspecified atom stereocenters. The van der Waals surface area contributed by atoms with Crippen LogP contribution >= 0.6 is 0 Å². The Hall–Kier alpha value is -3.41. The Morgan fingerprint density at radius 3 is 2.23 bits per heavy atom. The van der Waals surface area contributed by atoms with Crippen molar-refractivity contribution in [3.8, 4) is 11.3 Å². The minimum Gasteiger partial charge on any atom is -0.360 e. The second-order valence-corrected chi connectivity index (χ2v) is 5.94. The molecule has 0 spiro atoms. The van der Waals surface area contributed by atoms with Gasteiger partial charge in [0, 0.05) is 23.9 Å². The summed E-state index contributed by atoms with van der Waals surface area (Å²) in [6, 6.07) is 14.7. The van der Waals surface area contributed by atoms with Crippen LogP contribution in [0.4, 0.5) is 11.4 Å². The molecule has 0 aliphatic carbocycles. The molecule has 1 heterocycles. The van der Waals surface area contributed by atoms with Crippen molar-refractivity contribution in [2.75, 3.05) is 10.6 Å². The molecule has 0 aliphatic heterocycles. The summed E-state index contributed by atoms with van der Waals surface area (Å²) in [5, 5.41) is 9.67. The van der Waals surface area contributed by atoms with E-state index in [4.69, 9.17) is 4.52 Å². The van der Waals surface area contributed by atoms with Gasteiger partial charge in [0.25, 0.3) is 5.91 Å². The first-order valence-electron chi connectivity index (χ1n) is 8.17. The number of hydrogen-bond acceptors (Lipinski definition) is 4. The molecule has 1 aromatic heterocycles. The van der Waals surface area contributed by atoms with Crippen LogP contribution in [0.5, 0.6) is 0 Å². The van der Waals surface area contributed by atoms with Gasteiger partial charge in [-0.15, -0.1) is 0 Å². The largest absolute Gasteiger partial charge is 0.360 e. The van der Waals surface area contributed by atoms with E-state index in [1.807, 2.05) is 37.3 Å². The summed E-state index contributed by atoms with van der Waals surface area (Å²) in [6.45, 7) is 4.98. The molecule has 26 heavy (non-hydrogen) atoms. The van der Waals surface area contributed by atoms with Crippen molar-refractivity contribution in [3.05, 3.63) is 65.4 Å². The van der Waals surface area contributed by atoms with Gasteiger partial charge in [0.2, 0.25) is 5.91 Å². The second-order valence-electron chi connectivity index (χ2n) is 5.94. The smallest absolute Gasteiger partial charge is 0.261 e. The second kappa shape index (κ2) is 7.23. The van der Waals surface area contributed by atoms with Crippen LogP contribution in [0.1, 0.15) is 28.6 Å². The fraction of sp³-hybridized carbons (Fsp3) is 0.150. The predicted octanol–water partition coefficient (Wildman–Crippen LogP) is 4.17. The Balaban J connectivity index is 1.93. The van der Waals surface area contributed by atoms with Gasteiger partial charge in [0.15, 0.2) is 0 Å². The van der Waals surface area contributed by atoms with Crippen LogP contribution in [0.3, 0.4) is 0 Å². The van der Waals surface area contributed by atoms with Crippen molar-refractivity contribution < 1.29 is 14.1 Å². The van der Waals surface area contributed by atoms with Gasteiger partial charge < -0.3 is 15.2 Å². The Bertz CT molecular complexity index is 962. The molecule has 6 nitrogen and oxygen atoms in total. The van der Waals surface area contributed by atoms with Gasteiger partial charge >= 0.3 is 0 Å². The molecule has 3 rings (SSSR count). The maximum atomic E-state index is 12.9. The Kier molecular flexibility index (Phi) is 4.84. The van der Waals surface area contributed by atoms with Crippen molar-refractivity contribution in [3.63, 3.8) is 0 Å². The van der Waals surface area contributed by atoms with E-state index in [0.717, 1.165) is 11.1 Å². The zero-order valence-electron chi connectivity index (χ0n) is 14.8. The van der Waals surface area contributed by atoms with Crippen molar-refractivity contribution in [1.82, 2.24) is 5.16 Å². The topological polar surface area (TPSA) is 84.2 Å². The third kappa shape index (κ3) is 3.49. The van der Waals surface area contributed by atoms with E-state index >= 15 is 0 Å². The highest BCUT2D eigenvalue weighted by Crippen LogP contribution is 2.28. The summed E-state index contributed by atoms with van der Waals surface area (Å²) in [5.41, 5.74) is 3.72. The fourth-order valence-corrected chi connectivity index (χ4v) is 2.71. The summed E-state index contributed by atoms with van der Waals surface area (Å²) < 4.78 is 5.25. The van der Waals surface area contributed by atoms with Gasteiger partial charge in [0.05, 0.1) is 0 Å². The normalized spacial score (nSPS) is 10.4. The number of amides is 2. The minimum atomic E-state index is -0.314. The highest BCUT2D eigenvalue weighted by molar-refractivity contribution is 6.09. The van der Waals surface area contributed by atoms with Crippen LogP contribution in [0.15, 0.2) is 53.1 Å². The van der Waals surface area contributed by atoms with Gasteiger partial charge in [-0.05, 0) is 31.5 Å². The number of carbonyl (C=O) groups excluding carboxylic acids is 2. The number of benzene rings is 2. The van der Waals surface area contributed by atoms with Crippen LogP contribution in [0.2, 0.25) is 0 Å². The standard InChI is InChI=1S/C20H19N3O3/c1-12-16(21-14(3)24)10-7-11-17(12)22-20(25)18-13(2)26-23-19(18)15-8-5-4-6-9-15/h4-11H,1-3H3,(H,21,24)(H,22,25). The van der Waals surface area contributed by atoms with Crippen LogP contribution in [0, 0.1) is 13.8 Å². The minimum absolute atomic E-state index is 0.169. The molecular formula is C20H19N3O3. The lowest BCUT2D eigenvalue weighted by Gasteiger charge is -2.13. The van der Waals surface area contributed by atoms with Crippen LogP contribution in [-0.4, -0.2) is 17.0 Å². The maximum absolute atomic E-state index is 12.9. The molecule has 132 valence electrons. The summed E-state index contributed by atoms with van der Waals surface area (Å²) in [7, 11) is 0. The Morgan fingerprint density at radius 1 is 0.923 bits per heavy atom. The van der Waals surface area contributed by atoms with Crippen molar-refractivity contribution >= 4 is 23.2 Å². The quantitative estimate of drug-likeness (QED) is 0.740. The van der Waals surface area contributed by atoms with E-state index in [2.05, 4.69) is 15.8 Å². The monoisotopic (exact) mass is 349 g/mol. The van der Waals surface area contributed by atoms with Gasteiger partial charge in [-0.25, -0.2) is 0 Å². The van der Waals surface area contributed by atoms with Crippen molar-refractivity contribution in [2.24, 2.45) is 0 Å². The van der Waals surface area contributed by atoms with E-state index < -0.39 is 0 Å². The third-order valence-corrected chi connectivity index (χ3v) is 4.03. The molecular weight excluding hydrogens is 330 g/mol. The molecule has 2 aromatic carbocycles. The molecule has 2 amide bonds. The van der Waals surface area contributed by atoms with Crippen LogP contribution < -0.4 is 10.6 Å². The third-order valence-electron chi connectivity index (χ3n) is 4.03. The van der Waals surface area contributed by atoms with Crippen molar-refractivity contribution in [2.45, 2.75) is 20.8 Å². The molecule has 0 saturated heterocycles. The van der Waals surface area contributed by atoms with E-state index in [1.54, 1.807) is 25.1 Å². The van der Waals surface area contributed by atoms with Crippen LogP contribution in [0.25, 0.3) is 11.3 Å². The first kappa shape index (κ1) is 17.4. The van der Waals surface area contributed by atoms with E-state index in [9.17, 15) is 9.59 Å². The van der Waals surface area contributed by atoms with Gasteiger partial charge in [-0.1, -0.05) is 41.6 Å². The number of anilines is 2. The first-order valence-corrected chi connectivity index (χ1v) is 8.17. The first-order chi connectivity index (χ1) is 12.5. The van der Waals surface area contributed by atoms with Crippen molar-refractivity contribution in [1.29, 1.82) is 0 Å². The fourth-order valence-electron chi connectivity index (χ4n) is 2.71. The SMILES string of the molecule is CC(=O)Nc1cccc(NC(=O)c2c(-c3ccccc3)noc2C)c1C. The Morgan fingerprint density at radius 2 is 1.58 bits per heavy atom. The lowest BCUT2D eigenvalue weighted by molar-refractivity contribution is -0.114. The van der Waals surface area contributed by atoms with Gasteiger partial charge in [-0.3, -0.25) is 9.59 Å². The highest BCUT2D eigenvalue weighted by atomic mass is 16.5. The van der Waals surface area contributed by atoms with E-state index in [-0.39, 0.29) is 11.8 Å². The molecule has 6 heteroatoms. The van der Waals surface area contributed by atoms with Crippen LogP contribution in [-0.2, 0) is 4.79 Å². The highest BCUT2D eigenvalue weighted by Gasteiger charge is 2.22. The summed E-state index contributed by atoms with van der Waals surface area (Å²) in [4.78, 5) is 24.2. The van der Waals surface area contributed by atoms with E-state index in [0.29, 0.717) is 28.4 Å². The number of rotatable bonds is 4. The number of aromatic nitrogens is 1. The summed E-state index contributed by atoms with van der Waals surface area (Å²) in [5.74, 6) is -0.0412. The molecule has 0 atom stereocenters. The molecule has 0 aliphatic rings. The summed E-state index contributed by atoms with van der Waals surface area (Å²) >= 11 is 0. The number of carbonyl (C=O) groups is 2. The summed E-state index contributed by atoms with van der Waals surface area (Å²) in [6.07, 6.45) is 0. The Labute approximate surface area is 151 Å². The predicted molar refractivity (Wildman–Crippen MR) is 100 cm³/mol. The zero-order valence-corrected chi connectivity index (χ0v) is 14.8. The lowest BCUT2D eigenvalue weighted by atomic mass is 10.1. The molecule has 0 radical (unpaired) electrons. The molecule has 0 fully saturated rings. The number of nitrogens with zero attached hydrogens (tertiary/aromatic N) is 1. The zero-order chi connectivity index (χ0) is 18.7. The number of hydrogen-bond donors (Lipinski definition) is 2. The van der Waals surface area contributed by atoms with Gasteiger partial charge in [0.1, 0.15) is 17.0 Å². The number of nitrogens with one attached hydrogen (secondary N) is 2.